The molecule has 0 fully saturated rings. The Hall–Kier alpha value is -4.01. The fourth-order valence-electron chi connectivity index (χ4n) is 3.89. The number of nitrogens with zero attached hydrogens (tertiary/aromatic N) is 6. The molecule has 1 unspecified atom stereocenters. The van der Waals surface area contributed by atoms with E-state index in [4.69, 9.17) is 5.73 Å². The lowest BCUT2D eigenvalue weighted by molar-refractivity contribution is 0.0931. The molecule has 9 heteroatoms. The van der Waals surface area contributed by atoms with Gasteiger partial charge in [-0.05, 0) is 47.2 Å². The summed E-state index contributed by atoms with van der Waals surface area (Å²) in [6.45, 7) is 1.27. The number of pyridine rings is 1. The van der Waals surface area contributed by atoms with Crippen LogP contribution in [0.2, 0.25) is 0 Å². The summed E-state index contributed by atoms with van der Waals surface area (Å²) in [6, 6.07) is 11.9. The Kier molecular flexibility index (Phi) is 4.91. The van der Waals surface area contributed by atoms with Crippen molar-refractivity contribution in [2.45, 2.75) is 32.0 Å². The minimum atomic E-state index is -0.240. The van der Waals surface area contributed by atoms with E-state index in [9.17, 15) is 4.79 Å². The van der Waals surface area contributed by atoms with Crippen molar-refractivity contribution in [2.75, 3.05) is 5.73 Å². The van der Waals surface area contributed by atoms with Gasteiger partial charge in [0.15, 0.2) is 5.69 Å². The molecule has 0 aliphatic heterocycles. The summed E-state index contributed by atoms with van der Waals surface area (Å²) >= 11 is 0. The number of hydrogen-bond donors (Lipinski definition) is 2. The molecule has 3 heterocycles. The number of aryl methyl sites for hydroxylation is 1. The molecular weight excluding hydrogens is 392 g/mol. The number of carbonyl (C=O) groups excluding carboxylic acids is 1. The third-order valence-electron chi connectivity index (χ3n) is 5.47. The lowest BCUT2D eigenvalue weighted by atomic mass is 10.1. The number of fused-ring (bicyclic) bond motifs is 1. The quantitative estimate of drug-likeness (QED) is 0.498. The summed E-state index contributed by atoms with van der Waals surface area (Å²) < 4.78 is 3.55. The maximum atomic E-state index is 12.7. The van der Waals surface area contributed by atoms with Crippen LogP contribution in [0.3, 0.4) is 0 Å². The monoisotopic (exact) mass is 414 g/mol. The highest BCUT2D eigenvalue weighted by atomic mass is 16.2. The Bertz CT molecular complexity index is 1200. The van der Waals surface area contributed by atoms with Crippen molar-refractivity contribution in [3.8, 4) is 0 Å². The maximum Gasteiger partial charge on any atom is 0.273 e. The Morgan fingerprint density at radius 1 is 1.16 bits per heavy atom. The molecule has 1 aromatic carbocycles. The fourth-order valence-corrected chi connectivity index (χ4v) is 3.89. The van der Waals surface area contributed by atoms with E-state index < -0.39 is 0 Å². The van der Waals surface area contributed by atoms with Crippen molar-refractivity contribution < 1.29 is 4.79 Å². The summed E-state index contributed by atoms with van der Waals surface area (Å²) in [5.74, 6) is 0.263. The van der Waals surface area contributed by atoms with Crippen molar-refractivity contribution in [3.63, 3.8) is 0 Å². The smallest absolute Gasteiger partial charge is 0.273 e. The molecule has 9 nitrogen and oxygen atoms in total. The minimum absolute atomic E-state index is 0.0805. The molecule has 0 radical (unpaired) electrons. The van der Waals surface area contributed by atoms with E-state index in [1.807, 2.05) is 23.0 Å². The zero-order valence-electron chi connectivity index (χ0n) is 16.8. The highest BCUT2D eigenvalue weighted by molar-refractivity contribution is 5.92. The Morgan fingerprint density at radius 2 is 1.94 bits per heavy atom. The number of amides is 1. The SMILES string of the molecule is Nc1cc2c(cn1)C(NC(=O)c1cn(Cc3ccc(Cn4cccn4)cc3)nn1)CC2. The average Bonchev–Trinajstić information content (AvgIpc) is 3.51. The zero-order valence-corrected chi connectivity index (χ0v) is 16.8. The summed E-state index contributed by atoms with van der Waals surface area (Å²) in [5.41, 5.74) is 10.4. The fraction of sp³-hybridized carbons (Fsp3) is 0.227. The number of rotatable bonds is 6. The number of carbonyl (C=O) groups is 1. The lowest BCUT2D eigenvalue weighted by Crippen LogP contribution is -2.27. The van der Waals surface area contributed by atoms with Crippen LogP contribution in [0.4, 0.5) is 5.82 Å². The first-order valence-electron chi connectivity index (χ1n) is 10.1. The molecule has 5 rings (SSSR count). The number of anilines is 1. The van der Waals surface area contributed by atoms with Gasteiger partial charge in [0.1, 0.15) is 5.82 Å². The molecule has 0 saturated heterocycles. The van der Waals surface area contributed by atoms with Crippen molar-refractivity contribution >= 4 is 11.7 Å². The third kappa shape index (κ3) is 4.16. The van der Waals surface area contributed by atoms with E-state index in [0.717, 1.165) is 36.1 Å². The van der Waals surface area contributed by atoms with Crippen molar-refractivity contribution in [2.24, 2.45) is 0 Å². The van der Waals surface area contributed by atoms with Gasteiger partial charge in [-0.1, -0.05) is 29.5 Å². The number of nitrogens with one attached hydrogen (secondary N) is 1. The standard InChI is InChI=1S/C22H22N8O/c23-21-10-17-6-7-19(18(17)11-24-21)26-22(31)20-14-30(28-27-20)13-16-4-2-15(3-5-16)12-29-9-1-8-25-29/h1-5,8-11,14,19H,6-7,12-13H2,(H2,23,24)(H,26,31). The first-order valence-corrected chi connectivity index (χ1v) is 10.1. The highest BCUT2D eigenvalue weighted by Crippen LogP contribution is 2.31. The van der Waals surface area contributed by atoms with Gasteiger partial charge in [-0.15, -0.1) is 5.10 Å². The van der Waals surface area contributed by atoms with Gasteiger partial charge in [-0.25, -0.2) is 9.67 Å². The van der Waals surface area contributed by atoms with Crippen LogP contribution >= 0.6 is 0 Å². The molecule has 4 aromatic rings. The van der Waals surface area contributed by atoms with E-state index >= 15 is 0 Å². The molecule has 1 aliphatic carbocycles. The van der Waals surface area contributed by atoms with Gasteiger partial charge in [0.2, 0.25) is 0 Å². The molecular formula is C22H22N8O. The summed E-state index contributed by atoms with van der Waals surface area (Å²) in [5, 5.41) is 15.4. The topological polar surface area (TPSA) is 117 Å². The molecule has 0 saturated carbocycles. The first-order chi connectivity index (χ1) is 15.1. The zero-order chi connectivity index (χ0) is 21.2. The van der Waals surface area contributed by atoms with Crippen LogP contribution in [-0.4, -0.2) is 35.7 Å². The van der Waals surface area contributed by atoms with Crippen molar-refractivity contribution in [3.05, 3.63) is 89.1 Å². The first kappa shape index (κ1) is 19.0. The van der Waals surface area contributed by atoms with E-state index in [2.05, 4.69) is 50.0 Å². The minimum Gasteiger partial charge on any atom is -0.384 e. The largest absolute Gasteiger partial charge is 0.384 e. The number of aromatic nitrogens is 6. The summed E-state index contributed by atoms with van der Waals surface area (Å²) in [7, 11) is 0. The second kappa shape index (κ2) is 8.02. The number of nitrogen functional groups attached to an aromatic ring is 1. The van der Waals surface area contributed by atoms with E-state index in [-0.39, 0.29) is 11.9 Å². The van der Waals surface area contributed by atoms with Crippen molar-refractivity contribution in [1.29, 1.82) is 0 Å². The molecule has 31 heavy (non-hydrogen) atoms. The number of nitrogens with two attached hydrogens (primary N) is 1. The number of hydrogen-bond acceptors (Lipinski definition) is 6. The Morgan fingerprint density at radius 3 is 2.68 bits per heavy atom. The van der Waals surface area contributed by atoms with Gasteiger partial charge in [0.25, 0.3) is 5.91 Å². The van der Waals surface area contributed by atoms with Gasteiger partial charge in [-0.2, -0.15) is 5.10 Å². The van der Waals surface area contributed by atoms with Gasteiger partial charge in [0.05, 0.1) is 25.3 Å². The predicted molar refractivity (Wildman–Crippen MR) is 114 cm³/mol. The van der Waals surface area contributed by atoms with Gasteiger partial charge in [0, 0.05) is 18.6 Å². The van der Waals surface area contributed by atoms with Crippen LogP contribution in [0.25, 0.3) is 0 Å². The van der Waals surface area contributed by atoms with Gasteiger partial charge < -0.3 is 11.1 Å². The third-order valence-corrected chi connectivity index (χ3v) is 5.47. The maximum absolute atomic E-state index is 12.7. The molecule has 0 spiro atoms. The van der Waals surface area contributed by atoms with Gasteiger partial charge >= 0.3 is 0 Å². The molecule has 1 aliphatic rings. The highest BCUT2D eigenvalue weighted by Gasteiger charge is 2.25. The second-order valence-corrected chi connectivity index (χ2v) is 7.69. The van der Waals surface area contributed by atoms with Crippen LogP contribution in [0.5, 0.6) is 0 Å². The summed E-state index contributed by atoms with van der Waals surface area (Å²) in [6.07, 6.45) is 8.82. The molecule has 1 amide bonds. The average molecular weight is 414 g/mol. The predicted octanol–water partition coefficient (Wildman–Crippen LogP) is 1.97. The van der Waals surface area contributed by atoms with Crippen LogP contribution in [-0.2, 0) is 19.5 Å². The van der Waals surface area contributed by atoms with Crippen LogP contribution < -0.4 is 11.1 Å². The molecule has 3 N–H and O–H groups in total. The molecule has 3 aromatic heterocycles. The van der Waals surface area contributed by atoms with E-state index in [1.54, 1.807) is 23.3 Å². The second-order valence-electron chi connectivity index (χ2n) is 7.69. The molecule has 156 valence electrons. The van der Waals surface area contributed by atoms with Gasteiger partial charge in [-0.3, -0.25) is 9.48 Å². The van der Waals surface area contributed by atoms with E-state index in [1.165, 1.54) is 5.56 Å². The normalized spacial score (nSPS) is 15.0. The Balaban J connectivity index is 1.21. The van der Waals surface area contributed by atoms with Crippen molar-refractivity contribution in [1.82, 2.24) is 35.1 Å². The van der Waals surface area contributed by atoms with Crippen LogP contribution in [0.1, 0.15) is 45.2 Å². The summed E-state index contributed by atoms with van der Waals surface area (Å²) in [4.78, 5) is 16.8. The lowest BCUT2D eigenvalue weighted by Gasteiger charge is -2.12. The van der Waals surface area contributed by atoms with Crippen LogP contribution in [0, 0.1) is 0 Å². The van der Waals surface area contributed by atoms with E-state index in [0.29, 0.717) is 18.1 Å². The molecule has 1 atom stereocenters. The number of benzene rings is 1. The Labute approximate surface area is 178 Å². The van der Waals surface area contributed by atoms with Crippen LogP contribution in [0.15, 0.2) is 61.2 Å². The molecule has 0 bridgehead atoms.